The fraction of sp³-hybridized carbons (Fsp3) is 0.400. The second-order valence-electron chi connectivity index (χ2n) is 5.00. The molecule has 1 amide bonds. The summed E-state index contributed by atoms with van der Waals surface area (Å²) in [5, 5.41) is 0.797. The van der Waals surface area contributed by atoms with Crippen molar-refractivity contribution >= 4 is 32.9 Å². The average molecular weight is 334 g/mol. The minimum atomic E-state index is 0.0697. The lowest BCUT2D eigenvalue weighted by Crippen LogP contribution is -2.45. The van der Waals surface area contributed by atoms with Crippen molar-refractivity contribution in [2.75, 3.05) is 11.9 Å². The largest absolute Gasteiger partial charge is 0.335 e. The van der Waals surface area contributed by atoms with E-state index in [-0.39, 0.29) is 5.91 Å². The van der Waals surface area contributed by atoms with Crippen LogP contribution < -0.4 is 0 Å². The molecule has 1 aromatic carbocycles. The zero-order valence-corrected chi connectivity index (χ0v) is 12.7. The van der Waals surface area contributed by atoms with Crippen LogP contribution in [0.2, 0.25) is 0 Å². The maximum Gasteiger partial charge on any atom is 0.256 e. The maximum atomic E-state index is 12.8. The Bertz CT molecular complexity index is 622. The summed E-state index contributed by atoms with van der Waals surface area (Å²) in [5.41, 5.74) is 2.12. The van der Waals surface area contributed by atoms with Crippen LogP contribution in [0.5, 0.6) is 0 Å². The fourth-order valence-electron chi connectivity index (χ4n) is 2.56. The number of amides is 1. The molecule has 3 rings (SSSR count). The van der Waals surface area contributed by atoms with Gasteiger partial charge in [-0.15, -0.1) is 0 Å². The minimum Gasteiger partial charge on any atom is -0.335 e. The highest BCUT2D eigenvalue weighted by Gasteiger charge is 2.29. The van der Waals surface area contributed by atoms with Gasteiger partial charge >= 0.3 is 0 Å². The first kappa shape index (κ1) is 13.5. The minimum absolute atomic E-state index is 0.0697. The van der Waals surface area contributed by atoms with Crippen LogP contribution >= 0.6 is 15.9 Å². The molecule has 20 heavy (non-hydrogen) atoms. The molecule has 5 heteroatoms. The lowest BCUT2D eigenvalue weighted by molar-refractivity contribution is 0.0601. The number of rotatable bonds is 4. The molecule has 2 aromatic rings. The molecule has 0 unspecified atom stereocenters. The summed E-state index contributed by atoms with van der Waals surface area (Å²) in [6.07, 6.45) is 6.71. The summed E-state index contributed by atoms with van der Waals surface area (Å²) < 4.78 is 0. The Hall–Kier alpha value is -1.49. The van der Waals surface area contributed by atoms with Crippen LogP contribution in [0, 0.1) is 0 Å². The summed E-state index contributed by atoms with van der Waals surface area (Å²) >= 11 is 3.44. The van der Waals surface area contributed by atoms with Crippen molar-refractivity contribution in [2.24, 2.45) is 0 Å². The number of carbonyl (C=O) groups is 1. The van der Waals surface area contributed by atoms with Gasteiger partial charge in [0.15, 0.2) is 0 Å². The number of aromatic nitrogens is 2. The van der Waals surface area contributed by atoms with Gasteiger partial charge in [0.25, 0.3) is 5.91 Å². The van der Waals surface area contributed by atoms with Gasteiger partial charge in [0, 0.05) is 30.3 Å². The van der Waals surface area contributed by atoms with Gasteiger partial charge in [0.05, 0.1) is 11.1 Å². The van der Waals surface area contributed by atoms with Gasteiger partial charge in [0.2, 0.25) is 0 Å². The second kappa shape index (κ2) is 5.87. The Kier molecular flexibility index (Phi) is 3.96. The highest BCUT2D eigenvalue weighted by atomic mass is 79.9. The molecular formula is C15H16BrN3O. The van der Waals surface area contributed by atoms with Crippen molar-refractivity contribution in [2.45, 2.75) is 25.3 Å². The number of fused-ring (bicyclic) bond motifs is 1. The standard InChI is InChI=1S/C15H16BrN3O/c16-7-10-19(11-3-1-4-11)15(20)12-5-2-6-13-14(12)18-9-8-17-13/h2,5-6,8-9,11H,1,3-4,7,10H2. The smallest absolute Gasteiger partial charge is 0.256 e. The molecule has 4 nitrogen and oxygen atoms in total. The number of alkyl halides is 1. The van der Waals surface area contributed by atoms with E-state index in [1.807, 2.05) is 23.1 Å². The molecule has 1 aromatic heterocycles. The van der Waals surface area contributed by atoms with Crippen LogP contribution in [0.4, 0.5) is 0 Å². The van der Waals surface area contributed by atoms with Crippen molar-refractivity contribution in [3.8, 4) is 0 Å². The van der Waals surface area contributed by atoms with E-state index in [1.165, 1.54) is 6.42 Å². The van der Waals surface area contributed by atoms with Gasteiger partial charge in [-0.2, -0.15) is 0 Å². The maximum absolute atomic E-state index is 12.8. The number of halogens is 1. The quantitative estimate of drug-likeness (QED) is 0.808. The molecule has 0 N–H and O–H groups in total. The summed E-state index contributed by atoms with van der Waals surface area (Å²) in [7, 11) is 0. The SMILES string of the molecule is O=C(c1cccc2nccnc12)N(CCBr)C1CCC1. The van der Waals surface area contributed by atoms with E-state index < -0.39 is 0 Å². The average Bonchev–Trinajstić information content (AvgIpc) is 2.43. The van der Waals surface area contributed by atoms with Crippen LogP contribution in [-0.2, 0) is 0 Å². The molecule has 0 spiro atoms. The number of carbonyl (C=O) groups excluding carboxylic acids is 1. The Labute approximate surface area is 126 Å². The molecular weight excluding hydrogens is 318 g/mol. The second-order valence-corrected chi connectivity index (χ2v) is 5.79. The van der Waals surface area contributed by atoms with Crippen molar-refractivity contribution in [1.29, 1.82) is 0 Å². The van der Waals surface area contributed by atoms with Gasteiger partial charge in [-0.25, -0.2) is 0 Å². The monoisotopic (exact) mass is 333 g/mol. The van der Waals surface area contributed by atoms with Gasteiger partial charge in [-0.1, -0.05) is 22.0 Å². The number of hydrogen-bond donors (Lipinski definition) is 0. The zero-order chi connectivity index (χ0) is 13.9. The first-order valence-electron chi connectivity index (χ1n) is 6.88. The molecule has 1 heterocycles. The third-order valence-corrected chi connectivity index (χ3v) is 4.19. The first-order chi connectivity index (χ1) is 9.81. The highest BCUT2D eigenvalue weighted by Crippen LogP contribution is 2.27. The predicted molar refractivity (Wildman–Crippen MR) is 82.0 cm³/mol. The van der Waals surface area contributed by atoms with Crippen LogP contribution in [0.15, 0.2) is 30.6 Å². The van der Waals surface area contributed by atoms with Gasteiger partial charge in [-0.3, -0.25) is 14.8 Å². The van der Waals surface area contributed by atoms with Crippen molar-refractivity contribution < 1.29 is 4.79 Å². The van der Waals surface area contributed by atoms with Gasteiger partial charge in [-0.05, 0) is 31.4 Å². The molecule has 1 aliphatic rings. The lowest BCUT2D eigenvalue weighted by atomic mass is 9.91. The van der Waals surface area contributed by atoms with E-state index in [4.69, 9.17) is 0 Å². The third kappa shape index (κ3) is 2.42. The number of nitrogens with zero attached hydrogens (tertiary/aromatic N) is 3. The van der Waals surface area contributed by atoms with Crippen molar-refractivity contribution in [3.05, 3.63) is 36.2 Å². The van der Waals surface area contributed by atoms with E-state index in [2.05, 4.69) is 25.9 Å². The van der Waals surface area contributed by atoms with E-state index in [0.29, 0.717) is 17.1 Å². The summed E-state index contributed by atoms with van der Waals surface area (Å²) in [4.78, 5) is 23.4. The highest BCUT2D eigenvalue weighted by molar-refractivity contribution is 9.09. The van der Waals surface area contributed by atoms with Crippen molar-refractivity contribution in [3.63, 3.8) is 0 Å². The topological polar surface area (TPSA) is 46.1 Å². The van der Waals surface area contributed by atoms with Crippen LogP contribution in [-0.4, -0.2) is 38.7 Å². The molecule has 1 fully saturated rings. The molecule has 0 bridgehead atoms. The molecule has 0 atom stereocenters. The first-order valence-corrected chi connectivity index (χ1v) is 8.00. The lowest BCUT2D eigenvalue weighted by Gasteiger charge is -2.37. The number of benzene rings is 1. The Balaban J connectivity index is 1.98. The van der Waals surface area contributed by atoms with Gasteiger partial charge < -0.3 is 4.90 Å². The van der Waals surface area contributed by atoms with Crippen LogP contribution in [0.3, 0.4) is 0 Å². The molecule has 104 valence electrons. The fourth-order valence-corrected chi connectivity index (χ4v) is 2.94. The molecule has 0 saturated heterocycles. The summed E-state index contributed by atoms with van der Waals surface area (Å²) in [6, 6.07) is 5.99. The molecule has 0 aliphatic heterocycles. The number of hydrogen-bond acceptors (Lipinski definition) is 3. The third-order valence-electron chi connectivity index (χ3n) is 3.83. The van der Waals surface area contributed by atoms with Crippen molar-refractivity contribution in [1.82, 2.24) is 14.9 Å². The molecule has 0 radical (unpaired) electrons. The van der Waals surface area contributed by atoms with E-state index in [0.717, 1.165) is 30.2 Å². The van der Waals surface area contributed by atoms with Gasteiger partial charge in [0.1, 0.15) is 5.52 Å². The Morgan fingerprint density at radius 2 is 2.10 bits per heavy atom. The van der Waals surface area contributed by atoms with E-state index in [1.54, 1.807) is 12.4 Å². The molecule has 1 aliphatic carbocycles. The number of para-hydroxylation sites is 1. The summed E-state index contributed by atoms with van der Waals surface area (Å²) in [6.45, 7) is 0.736. The molecule has 1 saturated carbocycles. The van der Waals surface area contributed by atoms with Crippen LogP contribution in [0.1, 0.15) is 29.6 Å². The normalized spacial score (nSPS) is 15.1. The predicted octanol–water partition coefficient (Wildman–Crippen LogP) is 3.02. The Morgan fingerprint density at radius 1 is 1.30 bits per heavy atom. The van der Waals surface area contributed by atoms with E-state index in [9.17, 15) is 4.79 Å². The Morgan fingerprint density at radius 3 is 2.80 bits per heavy atom. The van der Waals surface area contributed by atoms with Crippen LogP contribution in [0.25, 0.3) is 11.0 Å². The zero-order valence-electron chi connectivity index (χ0n) is 11.1. The van der Waals surface area contributed by atoms with E-state index >= 15 is 0 Å². The summed E-state index contributed by atoms with van der Waals surface area (Å²) in [5.74, 6) is 0.0697.